The first-order chi connectivity index (χ1) is 11.1. The van der Waals surface area contributed by atoms with Crippen LogP contribution in [0.25, 0.3) is 0 Å². The van der Waals surface area contributed by atoms with E-state index in [1.54, 1.807) is 0 Å². The largest absolute Gasteiger partial charge is 0.463 e. The van der Waals surface area contributed by atoms with Crippen LogP contribution in [0.3, 0.4) is 0 Å². The van der Waals surface area contributed by atoms with Crippen LogP contribution in [0.15, 0.2) is 58.3 Å². The third-order valence-electron chi connectivity index (χ3n) is 3.32. The van der Waals surface area contributed by atoms with Gasteiger partial charge in [-0.25, -0.2) is 9.98 Å². The maximum absolute atomic E-state index is 5.51. The third kappa shape index (κ3) is 5.50. The number of amidine groups is 1. The number of nitrogens with two attached hydrogens (primary N) is 2. The molecule has 1 atom stereocenters. The molecule has 6 nitrogen and oxygen atoms in total. The lowest BCUT2D eigenvalue weighted by Gasteiger charge is -2.09. The number of hydrogen-bond acceptors (Lipinski definition) is 5. The van der Waals surface area contributed by atoms with E-state index in [-0.39, 0.29) is 6.04 Å². The van der Waals surface area contributed by atoms with E-state index in [9.17, 15) is 0 Å². The SMILES string of the molecule is C=C(C)/C=C(\N=CN)Nc1ccc(CC[C@H]2COC(N)=N2)cc1. The minimum atomic E-state index is 0.164. The van der Waals surface area contributed by atoms with E-state index in [4.69, 9.17) is 16.2 Å². The number of nitrogens with one attached hydrogen (secondary N) is 1. The van der Waals surface area contributed by atoms with E-state index in [1.165, 1.54) is 11.9 Å². The lowest BCUT2D eigenvalue weighted by Crippen LogP contribution is -2.10. The van der Waals surface area contributed by atoms with E-state index in [1.807, 2.05) is 25.1 Å². The molecule has 2 rings (SSSR count). The zero-order valence-electron chi connectivity index (χ0n) is 13.3. The number of rotatable bonds is 7. The van der Waals surface area contributed by atoms with Crippen molar-refractivity contribution in [1.82, 2.24) is 0 Å². The second kappa shape index (κ2) is 8.03. The summed E-state index contributed by atoms with van der Waals surface area (Å²) in [7, 11) is 0. The standard InChI is InChI=1S/C17H23N5O/c1-12(2)9-16(20-11-18)21-14-6-3-13(4-7-14)5-8-15-10-23-17(19)22-15/h3-4,6-7,9,11,15,21H,1,5,8,10H2,2H3,(H2,18,20)(H2,19,22)/b16-9+/t15-/m0/s1. The number of anilines is 1. The smallest absolute Gasteiger partial charge is 0.282 e. The zero-order valence-corrected chi connectivity index (χ0v) is 13.3. The lowest BCUT2D eigenvalue weighted by atomic mass is 10.1. The van der Waals surface area contributed by atoms with Crippen LogP contribution in [0.1, 0.15) is 18.9 Å². The fourth-order valence-corrected chi connectivity index (χ4v) is 2.24. The monoisotopic (exact) mass is 313 g/mol. The Morgan fingerprint density at radius 3 is 2.78 bits per heavy atom. The van der Waals surface area contributed by atoms with E-state index in [2.05, 4.69) is 34.0 Å². The summed E-state index contributed by atoms with van der Waals surface area (Å²) in [6.07, 6.45) is 4.94. The van der Waals surface area contributed by atoms with Gasteiger partial charge in [0.1, 0.15) is 12.4 Å². The van der Waals surface area contributed by atoms with Gasteiger partial charge in [-0.3, -0.25) is 0 Å². The van der Waals surface area contributed by atoms with Crippen molar-refractivity contribution < 1.29 is 4.74 Å². The number of aliphatic imine (C=N–C) groups is 2. The molecule has 0 saturated heterocycles. The number of aryl methyl sites for hydroxylation is 1. The summed E-state index contributed by atoms with van der Waals surface area (Å²) < 4.78 is 5.15. The van der Waals surface area contributed by atoms with Gasteiger partial charge in [0, 0.05) is 5.69 Å². The van der Waals surface area contributed by atoms with Gasteiger partial charge < -0.3 is 21.5 Å². The van der Waals surface area contributed by atoms with Crippen LogP contribution >= 0.6 is 0 Å². The highest BCUT2D eigenvalue weighted by atomic mass is 16.5. The van der Waals surface area contributed by atoms with Gasteiger partial charge in [-0.15, -0.1) is 0 Å². The van der Waals surface area contributed by atoms with Crippen molar-refractivity contribution in [2.24, 2.45) is 21.5 Å². The fraction of sp³-hybridized carbons (Fsp3) is 0.294. The Bertz CT molecular complexity index is 631. The van der Waals surface area contributed by atoms with Crippen LogP contribution < -0.4 is 16.8 Å². The first kappa shape index (κ1) is 16.6. The van der Waals surface area contributed by atoms with Gasteiger partial charge in [0.2, 0.25) is 0 Å². The zero-order chi connectivity index (χ0) is 16.7. The summed E-state index contributed by atoms with van der Waals surface area (Å²) in [6.45, 7) is 6.32. The molecule has 0 spiro atoms. The average Bonchev–Trinajstić information content (AvgIpc) is 2.92. The normalized spacial score (nSPS) is 17.9. The molecular weight excluding hydrogens is 290 g/mol. The predicted molar refractivity (Wildman–Crippen MR) is 95.3 cm³/mol. The maximum Gasteiger partial charge on any atom is 0.282 e. The van der Waals surface area contributed by atoms with E-state index in [0.29, 0.717) is 18.4 Å². The molecule has 1 heterocycles. The molecule has 0 bridgehead atoms. The molecule has 1 aliphatic rings. The molecule has 0 saturated carbocycles. The van der Waals surface area contributed by atoms with Gasteiger partial charge >= 0.3 is 0 Å². The summed E-state index contributed by atoms with van der Waals surface area (Å²) in [4.78, 5) is 8.30. The summed E-state index contributed by atoms with van der Waals surface area (Å²) in [5.41, 5.74) is 13.9. The lowest BCUT2D eigenvalue weighted by molar-refractivity contribution is 0.308. The van der Waals surface area contributed by atoms with Crippen molar-refractivity contribution in [3.05, 3.63) is 53.9 Å². The van der Waals surface area contributed by atoms with Crippen molar-refractivity contribution in [3.8, 4) is 0 Å². The minimum absolute atomic E-state index is 0.164. The Morgan fingerprint density at radius 2 is 2.22 bits per heavy atom. The first-order valence-electron chi connectivity index (χ1n) is 7.50. The molecular formula is C17H23N5O. The summed E-state index contributed by atoms with van der Waals surface area (Å²) in [6, 6.07) is 8.64. The molecule has 0 fully saturated rings. The first-order valence-corrected chi connectivity index (χ1v) is 7.50. The van der Waals surface area contributed by atoms with Gasteiger partial charge in [0.15, 0.2) is 0 Å². The summed E-state index contributed by atoms with van der Waals surface area (Å²) in [5, 5.41) is 3.21. The number of benzene rings is 1. The summed E-state index contributed by atoms with van der Waals surface area (Å²) >= 11 is 0. The molecule has 0 radical (unpaired) electrons. The third-order valence-corrected chi connectivity index (χ3v) is 3.32. The summed E-state index contributed by atoms with van der Waals surface area (Å²) in [5.74, 6) is 0.653. The van der Waals surface area contributed by atoms with Crippen LogP contribution in [0.2, 0.25) is 0 Å². The second-order valence-corrected chi connectivity index (χ2v) is 5.45. The molecule has 0 aromatic heterocycles. The highest BCUT2D eigenvalue weighted by molar-refractivity contribution is 5.73. The number of ether oxygens (including phenoxy) is 1. The van der Waals surface area contributed by atoms with E-state index >= 15 is 0 Å². The van der Waals surface area contributed by atoms with Crippen LogP contribution in [-0.2, 0) is 11.2 Å². The second-order valence-electron chi connectivity index (χ2n) is 5.45. The Kier molecular flexibility index (Phi) is 5.80. The number of nitrogens with zero attached hydrogens (tertiary/aromatic N) is 2. The molecule has 5 N–H and O–H groups in total. The van der Waals surface area contributed by atoms with Gasteiger partial charge in [-0.1, -0.05) is 24.3 Å². The quantitative estimate of drug-likeness (QED) is 0.408. The highest BCUT2D eigenvalue weighted by Gasteiger charge is 2.16. The van der Waals surface area contributed by atoms with Crippen LogP contribution in [0.5, 0.6) is 0 Å². The molecule has 0 amide bonds. The number of hydrogen-bond donors (Lipinski definition) is 3. The highest BCUT2D eigenvalue weighted by Crippen LogP contribution is 2.16. The van der Waals surface area contributed by atoms with Gasteiger partial charge in [-0.2, -0.15) is 0 Å². The van der Waals surface area contributed by atoms with Gasteiger partial charge in [0.25, 0.3) is 6.02 Å². The Labute approximate surface area is 136 Å². The Balaban J connectivity index is 1.92. The van der Waals surface area contributed by atoms with Gasteiger partial charge in [0.05, 0.1) is 12.4 Å². The van der Waals surface area contributed by atoms with Crippen molar-refractivity contribution in [1.29, 1.82) is 0 Å². The molecule has 1 aromatic rings. The predicted octanol–water partition coefficient (Wildman–Crippen LogP) is 2.15. The van der Waals surface area contributed by atoms with E-state index in [0.717, 1.165) is 24.1 Å². The van der Waals surface area contributed by atoms with Crippen LogP contribution in [0.4, 0.5) is 5.69 Å². The van der Waals surface area contributed by atoms with Crippen molar-refractivity contribution in [2.45, 2.75) is 25.8 Å². The molecule has 23 heavy (non-hydrogen) atoms. The molecule has 0 aliphatic carbocycles. The van der Waals surface area contributed by atoms with E-state index < -0.39 is 0 Å². The van der Waals surface area contributed by atoms with Crippen molar-refractivity contribution in [2.75, 3.05) is 11.9 Å². The van der Waals surface area contributed by atoms with Crippen LogP contribution in [0, 0.1) is 0 Å². The molecule has 0 unspecified atom stereocenters. The minimum Gasteiger partial charge on any atom is -0.463 e. The van der Waals surface area contributed by atoms with Crippen molar-refractivity contribution in [3.63, 3.8) is 0 Å². The Morgan fingerprint density at radius 1 is 1.48 bits per heavy atom. The molecule has 1 aliphatic heterocycles. The molecule has 1 aromatic carbocycles. The van der Waals surface area contributed by atoms with Crippen LogP contribution in [-0.4, -0.2) is 25.0 Å². The van der Waals surface area contributed by atoms with Gasteiger partial charge in [-0.05, 0) is 43.5 Å². The average molecular weight is 313 g/mol. The molecule has 122 valence electrons. The number of allylic oxidation sites excluding steroid dienone is 2. The topological polar surface area (TPSA) is 98.0 Å². The molecule has 6 heteroatoms. The maximum atomic E-state index is 5.51. The fourth-order valence-electron chi connectivity index (χ4n) is 2.24. The van der Waals surface area contributed by atoms with Crippen molar-refractivity contribution >= 4 is 18.0 Å². The Hall–Kier alpha value is -2.76.